The normalized spacial score (nSPS) is 25.9. The Bertz CT molecular complexity index is 788. The maximum atomic E-state index is 12.6. The minimum Gasteiger partial charge on any atom is -0.475 e. The largest absolute Gasteiger partial charge is 0.490 e. The fraction of sp³-hybridized carbons (Fsp3) is 0.800. The van der Waals surface area contributed by atoms with Crippen LogP contribution in [-0.2, 0) is 19.2 Å². The van der Waals surface area contributed by atoms with Gasteiger partial charge in [-0.3, -0.25) is 9.59 Å². The minimum absolute atomic E-state index is 0.0701. The molecule has 0 aromatic carbocycles. The van der Waals surface area contributed by atoms with Crippen molar-refractivity contribution in [1.29, 1.82) is 0 Å². The summed E-state index contributed by atoms with van der Waals surface area (Å²) in [5.41, 5.74) is 4.67. The maximum Gasteiger partial charge on any atom is 0.490 e. The number of hydrogen-bond acceptors (Lipinski definition) is 7. The molecule has 3 fully saturated rings. The molecule has 2 amide bonds. The van der Waals surface area contributed by atoms with E-state index in [0.29, 0.717) is 19.4 Å². The van der Waals surface area contributed by atoms with Crippen LogP contribution in [0, 0.1) is 11.8 Å². The van der Waals surface area contributed by atoms with E-state index in [2.05, 4.69) is 5.32 Å². The number of halogens is 6. The van der Waals surface area contributed by atoms with Crippen molar-refractivity contribution in [2.24, 2.45) is 17.6 Å². The van der Waals surface area contributed by atoms with E-state index in [-0.39, 0.29) is 30.2 Å². The first-order valence-corrected chi connectivity index (χ1v) is 11.2. The van der Waals surface area contributed by atoms with Crippen LogP contribution < -0.4 is 11.1 Å². The molecular formula is C20H30F6N4O7. The van der Waals surface area contributed by atoms with Crippen LogP contribution in [0.2, 0.25) is 0 Å². The lowest BCUT2D eigenvalue weighted by Crippen LogP contribution is -2.57. The lowest BCUT2D eigenvalue weighted by atomic mass is 9.70. The molecule has 3 aliphatic rings. The SMILES string of the molecule is NCC1(O)CC(C(=O)N2CCCC(C(=O)N3CCNCC3)C2)C1.O=C(O)C(F)(F)F.O=C(O)C(F)(F)F. The molecular weight excluding hydrogens is 522 g/mol. The number of nitrogens with two attached hydrogens (primary N) is 1. The van der Waals surface area contributed by atoms with Crippen molar-refractivity contribution in [3.63, 3.8) is 0 Å². The number of likely N-dealkylation sites (tertiary alicyclic amines) is 1. The molecule has 2 heterocycles. The number of nitrogens with one attached hydrogen (secondary N) is 1. The van der Waals surface area contributed by atoms with Crippen molar-refractivity contribution in [1.82, 2.24) is 15.1 Å². The number of carboxylic acid groups (broad SMARTS) is 2. The van der Waals surface area contributed by atoms with Crippen molar-refractivity contribution in [3.8, 4) is 0 Å². The smallest absolute Gasteiger partial charge is 0.475 e. The Morgan fingerprint density at radius 1 is 0.838 bits per heavy atom. The number of alkyl halides is 6. The quantitative estimate of drug-likeness (QED) is 0.303. The number of carbonyl (C=O) groups excluding carboxylic acids is 2. The molecule has 214 valence electrons. The number of rotatable bonds is 3. The number of carboxylic acids is 2. The fourth-order valence-electron chi connectivity index (χ4n) is 3.98. The van der Waals surface area contributed by atoms with Crippen molar-refractivity contribution in [2.75, 3.05) is 45.8 Å². The van der Waals surface area contributed by atoms with Crippen molar-refractivity contribution < 1.29 is 60.8 Å². The molecule has 1 atom stereocenters. The van der Waals surface area contributed by atoms with Crippen LogP contribution >= 0.6 is 0 Å². The fourth-order valence-corrected chi connectivity index (χ4v) is 3.98. The summed E-state index contributed by atoms with van der Waals surface area (Å²) in [7, 11) is 0. The van der Waals surface area contributed by atoms with Gasteiger partial charge in [0.15, 0.2) is 0 Å². The number of amides is 2. The summed E-state index contributed by atoms with van der Waals surface area (Å²) in [6, 6.07) is 0. The van der Waals surface area contributed by atoms with Gasteiger partial charge in [0, 0.05) is 51.7 Å². The van der Waals surface area contributed by atoms with Crippen molar-refractivity contribution in [3.05, 3.63) is 0 Å². The van der Waals surface area contributed by atoms with Crippen LogP contribution in [0.3, 0.4) is 0 Å². The zero-order valence-corrected chi connectivity index (χ0v) is 19.6. The Morgan fingerprint density at radius 2 is 1.27 bits per heavy atom. The Labute approximate surface area is 207 Å². The van der Waals surface area contributed by atoms with Crippen LogP contribution in [0.15, 0.2) is 0 Å². The third kappa shape index (κ3) is 10.3. The highest BCUT2D eigenvalue weighted by Crippen LogP contribution is 2.38. The summed E-state index contributed by atoms with van der Waals surface area (Å²) in [4.78, 5) is 46.7. The maximum absolute atomic E-state index is 12.6. The molecule has 2 saturated heterocycles. The number of carbonyl (C=O) groups is 4. The van der Waals surface area contributed by atoms with E-state index in [0.717, 1.165) is 45.6 Å². The molecule has 11 nitrogen and oxygen atoms in total. The zero-order chi connectivity index (χ0) is 28.6. The Hall–Kier alpha value is -2.66. The number of piperidine rings is 1. The Kier molecular flexibility index (Phi) is 11.6. The highest BCUT2D eigenvalue weighted by Gasteiger charge is 2.47. The molecule has 0 radical (unpaired) electrons. The molecule has 0 spiro atoms. The summed E-state index contributed by atoms with van der Waals surface area (Å²) < 4.78 is 63.5. The van der Waals surface area contributed by atoms with Gasteiger partial charge < -0.3 is 36.2 Å². The lowest BCUT2D eigenvalue weighted by Gasteiger charge is -2.45. The third-order valence-electron chi connectivity index (χ3n) is 5.98. The van der Waals surface area contributed by atoms with Gasteiger partial charge in [0.05, 0.1) is 11.5 Å². The second-order valence-electron chi connectivity index (χ2n) is 8.84. The third-order valence-corrected chi connectivity index (χ3v) is 5.98. The van der Waals surface area contributed by atoms with Gasteiger partial charge in [0.2, 0.25) is 11.8 Å². The summed E-state index contributed by atoms with van der Waals surface area (Å²) >= 11 is 0. The first-order chi connectivity index (χ1) is 16.9. The summed E-state index contributed by atoms with van der Waals surface area (Å²) in [6.07, 6.45) is -7.52. The molecule has 1 aliphatic carbocycles. The molecule has 0 aromatic rings. The van der Waals surface area contributed by atoms with E-state index < -0.39 is 29.9 Å². The molecule has 0 bridgehead atoms. The summed E-state index contributed by atoms with van der Waals surface area (Å²) in [6.45, 7) is 4.67. The average Bonchev–Trinajstić information content (AvgIpc) is 2.81. The van der Waals surface area contributed by atoms with E-state index >= 15 is 0 Å². The van der Waals surface area contributed by atoms with Gasteiger partial charge in [-0.05, 0) is 25.7 Å². The van der Waals surface area contributed by atoms with Gasteiger partial charge in [-0.1, -0.05) is 0 Å². The highest BCUT2D eigenvalue weighted by molar-refractivity contribution is 5.83. The topological polar surface area (TPSA) is 173 Å². The summed E-state index contributed by atoms with van der Waals surface area (Å²) in [5.74, 6) is -5.44. The zero-order valence-electron chi connectivity index (χ0n) is 19.6. The van der Waals surface area contributed by atoms with Crippen molar-refractivity contribution in [2.45, 2.75) is 43.6 Å². The van der Waals surface area contributed by atoms with E-state index in [4.69, 9.17) is 25.5 Å². The minimum atomic E-state index is -5.08. The molecule has 1 unspecified atom stereocenters. The van der Waals surface area contributed by atoms with E-state index in [1.54, 1.807) is 0 Å². The summed E-state index contributed by atoms with van der Waals surface area (Å²) in [5, 5.41) is 27.5. The predicted octanol–water partition coefficient (Wildman–Crippen LogP) is 0.0232. The van der Waals surface area contributed by atoms with Crippen LogP contribution in [0.1, 0.15) is 25.7 Å². The second kappa shape index (κ2) is 13.2. The molecule has 3 rings (SSSR count). The number of hydrogen-bond donors (Lipinski definition) is 5. The molecule has 6 N–H and O–H groups in total. The number of piperazine rings is 1. The number of aliphatic hydroxyl groups is 1. The van der Waals surface area contributed by atoms with Gasteiger partial charge >= 0.3 is 24.3 Å². The lowest BCUT2D eigenvalue weighted by molar-refractivity contribution is -0.193. The second-order valence-corrected chi connectivity index (χ2v) is 8.84. The first-order valence-electron chi connectivity index (χ1n) is 11.2. The van der Waals surface area contributed by atoms with E-state index in [1.807, 2.05) is 9.80 Å². The monoisotopic (exact) mass is 552 g/mol. The molecule has 0 aromatic heterocycles. The van der Waals surface area contributed by atoms with Crippen LogP contribution in [-0.4, -0.2) is 113 Å². The van der Waals surface area contributed by atoms with Crippen LogP contribution in [0.25, 0.3) is 0 Å². The molecule has 17 heteroatoms. The Balaban J connectivity index is 0.000000404. The van der Waals surface area contributed by atoms with Gasteiger partial charge in [0.25, 0.3) is 0 Å². The molecule has 1 saturated carbocycles. The standard InChI is InChI=1S/C16H28N4O3.2C2HF3O2/c17-11-16(23)8-13(9-16)15(22)20-5-1-2-12(10-20)14(21)19-6-3-18-4-7-19;2*3-2(4,5)1(6)7/h12-13,18,23H,1-11,17H2;2*(H,6,7). The number of aliphatic carboxylic acids is 2. The van der Waals surface area contributed by atoms with E-state index in [9.17, 15) is 41.0 Å². The first kappa shape index (κ1) is 32.4. The van der Waals surface area contributed by atoms with E-state index in [1.165, 1.54) is 0 Å². The molecule has 37 heavy (non-hydrogen) atoms. The average molecular weight is 552 g/mol. The predicted molar refractivity (Wildman–Crippen MR) is 113 cm³/mol. The van der Waals surface area contributed by atoms with Gasteiger partial charge in [-0.25, -0.2) is 9.59 Å². The van der Waals surface area contributed by atoms with Crippen molar-refractivity contribution >= 4 is 23.8 Å². The van der Waals surface area contributed by atoms with Gasteiger partial charge in [-0.2, -0.15) is 26.3 Å². The van der Waals surface area contributed by atoms with Gasteiger partial charge in [-0.15, -0.1) is 0 Å². The Morgan fingerprint density at radius 3 is 1.68 bits per heavy atom. The molecule has 2 aliphatic heterocycles. The highest BCUT2D eigenvalue weighted by atomic mass is 19.4. The van der Waals surface area contributed by atoms with Crippen LogP contribution in [0.4, 0.5) is 26.3 Å². The van der Waals surface area contributed by atoms with Gasteiger partial charge in [0.1, 0.15) is 0 Å². The number of nitrogens with zero attached hydrogens (tertiary/aromatic N) is 2. The van der Waals surface area contributed by atoms with Crippen LogP contribution in [0.5, 0.6) is 0 Å².